The average molecular weight is 484 g/mol. The number of furan rings is 1. The van der Waals surface area contributed by atoms with E-state index in [9.17, 15) is 13.2 Å². The molecule has 0 saturated heterocycles. The molecule has 0 spiro atoms. The van der Waals surface area contributed by atoms with E-state index in [2.05, 4.69) is 22.5 Å². The van der Waals surface area contributed by atoms with Crippen molar-refractivity contribution < 1.29 is 17.6 Å². The summed E-state index contributed by atoms with van der Waals surface area (Å²) >= 11 is 1.48. The van der Waals surface area contributed by atoms with Gasteiger partial charge in [0.1, 0.15) is 5.76 Å². The van der Waals surface area contributed by atoms with Crippen LogP contribution in [0.15, 0.2) is 75.2 Å². The normalized spacial score (nSPS) is 12.7. The van der Waals surface area contributed by atoms with Crippen molar-refractivity contribution >= 4 is 37.5 Å². The SMILES string of the molecule is CCc1cccc2sc(=NC(=O)c3ccc(S(=O)(=O)N(C)Cc4ccco4)cc3)n(CC)c12. The summed E-state index contributed by atoms with van der Waals surface area (Å²) < 4.78 is 35.3. The Balaban J connectivity index is 1.62. The second kappa shape index (κ2) is 9.46. The molecule has 0 unspecified atom stereocenters. The van der Waals surface area contributed by atoms with E-state index in [0.29, 0.717) is 22.7 Å². The Kier molecular flexibility index (Phi) is 6.64. The van der Waals surface area contributed by atoms with E-state index in [-0.39, 0.29) is 11.4 Å². The van der Waals surface area contributed by atoms with E-state index in [1.165, 1.54) is 58.8 Å². The number of fused-ring (bicyclic) bond motifs is 1. The third-order valence-electron chi connectivity index (χ3n) is 5.45. The first-order chi connectivity index (χ1) is 15.8. The highest BCUT2D eigenvalue weighted by atomic mass is 32.2. The van der Waals surface area contributed by atoms with Crippen LogP contribution in [0, 0.1) is 0 Å². The monoisotopic (exact) mass is 483 g/mol. The van der Waals surface area contributed by atoms with Crippen molar-refractivity contribution in [1.29, 1.82) is 0 Å². The number of hydrogen-bond donors (Lipinski definition) is 0. The predicted octanol–water partition coefficient (Wildman–Crippen LogP) is 4.44. The van der Waals surface area contributed by atoms with Crippen molar-refractivity contribution in [3.05, 3.63) is 82.5 Å². The van der Waals surface area contributed by atoms with Gasteiger partial charge in [-0.1, -0.05) is 30.4 Å². The van der Waals surface area contributed by atoms with Gasteiger partial charge in [0.2, 0.25) is 10.0 Å². The van der Waals surface area contributed by atoms with Crippen LogP contribution in [0.3, 0.4) is 0 Å². The summed E-state index contributed by atoms with van der Waals surface area (Å²) in [7, 11) is -2.23. The van der Waals surface area contributed by atoms with E-state index in [0.717, 1.165) is 16.6 Å². The van der Waals surface area contributed by atoms with Gasteiger partial charge in [0.25, 0.3) is 5.91 Å². The predicted molar refractivity (Wildman–Crippen MR) is 129 cm³/mol. The number of carbonyl (C=O) groups is 1. The zero-order valence-corrected chi connectivity index (χ0v) is 20.3. The Morgan fingerprint density at radius 2 is 1.85 bits per heavy atom. The van der Waals surface area contributed by atoms with Crippen LogP contribution in [0.2, 0.25) is 0 Å². The second-order valence-electron chi connectivity index (χ2n) is 7.53. The fourth-order valence-corrected chi connectivity index (χ4v) is 5.95. The molecule has 0 fully saturated rings. The first kappa shape index (κ1) is 23.2. The van der Waals surface area contributed by atoms with Crippen molar-refractivity contribution in [1.82, 2.24) is 8.87 Å². The molecular formula is C24H25N3O4S2. The molecule has 4 rings (SSSR count). The highest BCUT2D eigenvalue weighted by Gasteiger charge is 2.22. The summed E-state index contributed by atoms with van der Waals surface area (Å²) in [5, 5.41) is 0. The molecule has 0 bridgehead atoms. The molecule has 0 saturated carbocycles. The summed E-state index contributed by atoms with van der Waals surface area (Å²) in [6.45, 7) is 4.95. The molecule has 2 heterocycles. The highest BCUT2D eigenvalue weighted by molar-refractivity contribution is 7.89. The number of nitrogens with zero attached hydrogens (tertiary/aromatic N) is 3. The lowest BCUT2D eigenvalue weighted by Gasteiger charge is -2.16. The number of thiazole rings is 1. The van der Waals surface area contributed by atoms with Gasteiger partial charge in [-0.15, -0.1) is 0 Å². The molecule has 2 aromatic carbocycles. The van der Waals surface area contributed by atoms with E-state index < -0.39 is 15.9 Å². The van der Waals surface area contributed by atoms with Crippen LogP contribution in [0.4, 0.5) is 0 Å². The van der Waals surface area contributed by atoms with Crippen LogP contribution in [-0.4, -0.2) is 30.2 Å². The zero-order valence-electron chi connectivity index (χ0n) is 18.7. The number of para-hydroxylation sites is 1. The Morgan fingerprint density at radius 1 is 1.09 bits per heavy atom. The molecule has 9 heteroatoms. The minimum atomic E-state index is -3.72. The Hall–Kier alpha value is -3.01. The van der Waals surface area contributed by atoms with Crippen LogP contribution in [0.5, 0.6) is 0 Å². The molecule has 7 nitrogen and oxygen atoms in total. The van der Waals surface area contributed by atoms with Crippen LogP contribution >= 0.6 is 11.3 Å². The topological polar surface area (TPSA) is 84.9 Å². The van der Waals surface area contributed by atoms with E-state index in [1.54, 1.807) is 12.1 Å². The molecule has 0 N–H and O–H groups in total. The number of benzene rings is 2. The number of aryl methyl sites for hydroxylation is 2. The maximum absolute atomic E-state index is 12.9. The Morgan fingerprint density at radius 3 is 2.48 bits per heavy atom. The molecule has 0 aliphatic carbocycles. The minimum absolute atomic E-state index is 0.103. The summed E-state index contributed by atoms with van der Waals surface area (Å²) in [5.41, 5.74) is 2.66. The quantitative estimate of drug-likeness (QED) is 0.389. The largest absolute Gasteiger partial charge is 0.468 e. The molecule has 0 atom stereocenters. The number of rotatable bonds is 7. The molecule has 0 aliphatic heterocycles. The number of aromatic nitrogens is 1. The van der Waals surface area contributed by atoms with Crippen molar-refractivity contribution in [3.63, 3.8) is 0 Å². The lowest BCUT2D eigenvalue weighted by Crippen LogP contribution is -2.26. The summed E-state index contributed by atoms with van der Waals surface area (Å²) in [4.78, 5) is 18.0. The molecule has 2 aromatic heterocycles. The van der Waals surface area contributed by atoms with E-state index in [4.69, 9.17) is 4.42 Å². The standard InChI is InChI=1S/C24H25N3O4S2/c1-4-17-8-6-10-21-22(17)27(5-2)24(32-21)25-23(28)18-11-13-20(14-12-18)33(29,30)26(3)16-19-9-7-15-31-19/h6-15H,4-5,16H2,1-3H3. The maximum atomic E-state index is 12.9. The molecule has 33 heavy (non-hydrogen) atoms. The molecule has 4 aromatic rings. The Labute approximate surface area is 196 Å². The summed E-state index contributed by atoms with van der Waals surface area (Å²) in [5.74, 6) is 0.139. The minimum Gasteiger partial charge on any atom is -0.468 e. The smallest absolute Gasteiger partial charge is 0.279 e. The van der Waals surface area contributed by atoms with E-state index in [1.807, 2.05) is 19.1 Å². The summed E-state index contributed by atoms with van der Waals surface area (Å²) in [6.07, 6.45) is 2.40. The van der Waals surface area contributed by atoms with Crippen molar-refractivity contribution in [2.75, 3.05) is 7.05 Å². The van der Waals surface area contributed by atoms with Gasteiger partial charge in [-0.2, -0.15) is 9.30 Å². The second-order valence-corrected chi connectivity index (χ2v) is 10.6. The van der Waals surface area contributed by atoms with E-state index >= 15 is 0 Å². The fraction of sp³-hybridized carbons (Fsp3) is 0.250. The molecule has 172 valence electrons. The number of hydrogen-bond acceptors (Lipinski definition) is 5. The van der Waals surface area contributed by atoms with Gasteiger partial charge in [0, 0.05) is 19.2 Å². The zero-order chi connectivity index (χ0) is 23.6. The fourth-order valence-electron chi connectivity index (χ4n) is 3.68. The third-order valence-corrected chi connectivity index (χ3v) is 8.31. The maximum Gasteiger partial charge on any atom is 0.279 e. The first-order valence-corrected chi connectivity index (χ1v) is 12.9. The number of carbonyl (C=O) groups excluding carboxylic acids is 1. The van der Waals surface area contributed by atoms with Crippen LogP contribution in [-0.2, 0) is 29.5 Å². The van der Waals surface area contributed by atoms with Gasteiger partial charge in [-0.3, -0.25) is 4.79 Å². The summed E-state index contributed by atoms with van der Waals surface area (Å²) in [6, 6.07) is 15.4. The molecule has 1 amide bonds. The average Bonchev–Trinajstić information content (AvgIpc) is 3.45. The molecular weight excluding hydrogens is 458 g/mol. The van der Waals surface area contributed by atoms with Crippen molar-refractivity contribution in [2.45, 2.75) is 38.3 Å². The van der Waals surface area contributed by atoms with Gasteiger partial charge in [-0.05, 0) is 61.4 Å². The van der Waals surface area contributed by atoms with Crippen molar-refractivity contribution in [2.24, 2.45) is 4.99 Å². The lowest BCUT2D eigenvalue weighted by atomic mass is 10.1. The number of amides is 1. The van der Waals surface area contributed by atoms with Crippen LogP contribution in [0.1, 0.15) is 35.5 Å². The van der Waals surface area contributed by atoms with Gasteiger partial charge in [-0.25, -0.2) is 8.42 Å². The molecule has 0 aliphatic rings. The number of sulfonamides is 1. The highest BCUT2D eigenvalue weighted by Crippen LogP contribution is 2.22. The lowest BCUT2D eigenvalue weighted by molar-refractivity contribution is 0.0997. The molecule has 0 radical (unpaired) electrons. The van der Waals surface area contributed by atoms with Crippen molar-refractivity contribution in [3.8, 4) is 0 Å². The Bertz CT molecular complexity index is 1450. The van der Waals surface area contributed by atoms with Crippen LogP contribution in [0.25, 0.3) is 10.2 Å². The van der Waals surface area contributed by atoms with Gasteiger partial charge in [0.15, 0.2) is 4.80 Å². The van der Waals surface area contributed by atoms with Gasteiger partial charge < -0.3 is 8.98 Å². The van der Waals surface area contributed by atoms with Gasteiger partial charge in [0.05, 0.1) is 27.9 Å². The van der Waals surface area contributed by atoms with Gasteiger partial charge >= 0.3 is 0 Å². The third kappa shape index (κ3) is 4.57. The first-order valence-electron chi connectivity index (χ1n) is 10.6. The van der Waals surface area contributed by atoms with Crippen LogP contribution < -0.4 is 4.80 Å².